The minimum absolute atomic E-state index is 0.338. The average molecular weight is 255 g/mol. The van der Waals surface area contributed by atoms with Crippen LogP contribution in [0, 0.1) is 5.92 Å². The second-order valence-electron chi connectivity index (χ2n) is 6.07. The van der Waals surface area contributed by atoms with Gasteiger partial charge in [0.15, 0.2) is 0 Å². The van der Waals surface area contributed by atoms with Crippen molar-refractivity contribution < 1.29 is 9.47 Å². The molecule has 3 nitrogen and oxygen atoms in total. The Morgan fingerprint density at radius 2 is 2.00 bits per heavy atom. The Morgan fingerprint density at radius 3 is 2.72 bits per heavy atom. The van der Waals surface area contributed by atoms with Gasteiger partial charge in [-0.2, -0.15) is 0 Å². The smallest absolute Gasteiger partial charge is 0.0813 e. The Balaban J connectivity index is 1.49. The molecule has 0 aromatic heterocycles. The monoisotopic (exact) mass is 255 g/mol. The molecule has 1 saturated heterocycles. The van der Waals surface area contributed by atoms with Crippen LogP contribution < -0.4 is 5.32 Å². The summed E-state index contributed by atoms with van der Waals surface area (Å²) in [6.45, 7) is 7.20. The zero-order chi connectivity index (χ0) is 12.8. The van der Waals surface area contributed by atoms with Crippen LogP contribution in [0.25, 0.3) is 0 Å². The molecule has 2 rings (SSSR count). The third-order valence-corrected chi connectivity index (χ3v) is 3.89. The van der Waals surface area contributed by atoms with Crippen LogP contribution in [0.15, 0.2) is 0 Å². The van der Waals surface area contributed by atoms with Crippen molar-refractivity contribution in [2.24, 2.45) is 5.92 Å². The molecule has 1 aliphatic carbocycles. The zero-order valence-electron chi connectivity index (χ0n) is 12.0. The predicted octanol–water partition coefficient (Wildman–Crippen LogP) is 2.74. The summed E-state index contributed by atoms with van der Waals surface area (Å²) in [4.78, 5) is 0. The molecule has 2 aliphatic rings. The van der Waals surface area contributed by atoms with Gasteiger partial charge < -0.3 is 14.8 Å². The molecule has 0 aromatic rings. The van der Waals surface area contributed by atoms with Crippen LogP contribution in [0.1, 0.15) is 52.4 Å². The summed E-state index contributed by atoms with van der Waals surface area (Å²) in [5, 5.41) is 3.54. The molecule has 1 saturated carbocycles. The maximum absolute atomic E-state index is 5.99. The summed E-state index contributed by atoms with van der Waals surface area (Å²) >= 11 is 0. The van der Waals surface area contributed by atoms with Crippen molar-refractivity contribution in [2.45, 2.75) is 70.6 Å². The van der Waals surface area contributed by atoms with E-state index >= 15 is 0 Å². The van der Waals surface area contributed by atoms with Crippen LogP contribution in [-0.2, 0) is 9.47 Å². The molecule has 18 heavy (non-hydrogen) atoms. The molecule has 1 aliphatic heterocycles. The van der Waals surface area contributed by atoms with Crippen LogP contribution in [0.5, 0.6) is 0 Å². The van der Waals surface area contributed by atoms with E-state index < -0.39 is 0 Å². The minimum atomic E-state index is 0.338. The van der Waals surface area contributed by atoms with Gasteiger partial charge in [0.05, 0.1) is 18.8 Å². The third-order valence-electron chi connectivity index (χ3n) is 3.89. The van der Waals surface area contributed by atoms with E-state index in [-0.39, 0.29) is 0 Å². The number of nitrogens with one attached hydrogen (secondary N) is 1. The Kier molecular flexibility index (Phi) is 5.93. The second-order valence-corrected chi connectivity index (χ2v) is 6.07. The summed E-state index contributed by atoms with van der Waals surface area (Å²) in [5.74, 6) is 0.684. The van der Waals surface area contributed by atoms with Crippen molar-refractivity contribution in [3.05, 3.63) is 0 Å². The lowest BCUT2D eigenvalue weighted by atomic mass is 10.1. The van der Waals surface area contributed by atoms with Gasteiger partial charge >= 0.3 is 0 Å². The maximum atomic E-state index is 5.99. The highest BCUT2D eigenvalue weighted by Gasteiger charge is 2.28. The van der Waals surface area contributed by atoms with Gasteiger partial charge in [-0.15, -0.1) is 0 Å². The zero-order valence-corrected chi connectivity index (χ0v) is 12.0. The Bertz CT molecular complexity index is 231. The Morgan fingerprint density at radius 1 is 1.22 bits per heavy atom. The lowest BCUT2D eigenvalue weighted by Gasteiger charge is -2.16. The standard InChI is InChI=1S/C15H29NO2/c1-3-4-12(2)10-17-11-15-8-7-14(18-15)9-16-13-5-6-13/h12-16H,3-11H2,1-2H3. The molecule has 0 radical (unpaired) electrons. The van der Waals surface area contributed by atoms with E-state index in [1.807, 2.05) is 0 Å². The van der Waals surface area contributed by atoms with Crippen molar-refractivity contribution >= 4 is 0 Å². The van der Waals surface area contributed by atoms with Gasteiger partial charge in [0.25, 0.3) is 0 Å². The predicted molar refractivity (Wildman–Crippen MR) is 73.8 cm³/mol. The van der Waals surface area contributed by atoms with Crippen LogP contribution in [0.3, 0.4) is 0 Å². The van der Waals surface area contributed by atoms with Crippen molar-refractivity contribution in [3.8, 4) is 0 Å². The number of hydrogen-bond donors (Lipinski definition) is 1. The first-order valence-electron chi connectivity index (χ1n) is 7.74. The van der Waals surface area contributed by atoms with Gasteiger partial charge in [0.2, 0.25) is 0 Å². The van der Waals surface area contributed by atoms with E-state index in [1.165, 1.54) is 38.5 Å². The lowest BCUT2D eigenvalue weighted by molar-refractivity contribution is -0.0214. The number of rotatable bonds is 9. The van der Waals surface area contributed by atoms with E-state index in [4.69, 9.17) is 9.47 Å². The van der Waals surface area contributed by atoms with Crippen molar-refractivity contribution in [3.63, 3.8) is 0 Å². The first-order chi connectivity index (χ1) is 8.78. The minimum Gasteiger partial charge on any atom is -0.378 e. The van der Waals surface area contributed by atoms with Gasteiger partial charge in [0, 0.05) is 19.2 Å². The third kappa shape index (κ3) is 5.25. The molecule has 3 heteroatoms. The highest BCUT2D eigenvalue weighted by Crippen LogP contribution is 2.22. The molecular weight excluding hydrogens is 226 g/mol. The molecule has 0 aromatic carbocycles. The molecule has 0 spiro atoms. The fraction of sp³-hybridized carbons (Fsp3) is 1.00. The molecular formula is C15H29NO2. The van der Waals surface area contributed by atoms with Crippen LogP contribution >= 0.6 is 0 Å². The van der Waals surface area contributed by atoms with Crippen LogP contribution in [0.2, 0.25) is 0 Å². The summed E-state index contributed by atoms with van der Waals surface area (Å²) in [5.41, 5.74) is 0. The second kappa shape index (κ2) is 7.46. The highest BCUT2D eigenvalue weighted by atomic mass is 16.5. The quantitative estimate of drug-likeness (QED) is 0.687. The van der Waals surface area contributed by atoms with Gasteiger partial charge in [-0.1, -0.05) is 20.3 Å². The first kappa shape index (κ1) is 14.3. The molecule has 0 bridgehead atoms. The lowest BCUT2D eigenvalue weighted by Crippen LogP contribution is -2.29. The summed E-state index contributed by atoms with van der Waals surface area (Å²) in [6.07, 6.45) is 8.34. The highest BCUT2D eigenvalue weighted by molar-refractivity contribution is 4.84. The van der Waals surface area contributed by atoms with Crippen molar-refractivity contribution in [1.29, 1.82) is 0 Å². The molecule has 3 atom stereocenters. The fourth-order valence-electron chi connectivity index (χ4n) is 2.62. The summed E-state index contributed by atoms with van der Waals surface area (Å²) in [6, 6.07) is 0.791. The van der Waals surface area contributed by atoms with E-state index in [0.29, 0.717) is 18.1 Å². The Labute approximate surface area is 112 Å². The number of ether oxygens (including phenoxy) is 2. The van der Waals surface area contributed by atoms with E-state index in [0.717, 1.165) is 25.8 Å². The largest absolute Gasteiger partial charge is 0.378 e. The topological polar surface area (TPSA) is 30.5 Å². The molecule has 1 heterocycles. The SMILES string of the molecule is CCCC(C)COCC1CCC(CNC2CC2)O1. The molecule has 3 unspecified atom stereocenters. The van der Waals surface area contributed by atoms with Crippen LogP contribution in [0.4, 0.5) is 0 Å². The van der Waals surface area contributed by atoms with E-state index in [1.54, 1.807) is 0 Å². The molecule has 1 N–H and O–H groups in total. The van der Waals surface area contributed by atoms with Gasteiger partial charge in [-0.3, -0.25) is 0 Å². The average Bonchev–Trinajstić information content (AvgIpc) is 3.07. The summed E-state index contributed by atoms with van der Waals surface area (Å²) < 4.78 is 11.8. The fourth-order valence-corrected chi connectivity index (χ4v) is 2.62. The molecule has 2 fully saturated rings. The van der Waals surface area contributed by atoms with Gasteiger partial charge in [0.1, 0.15) is 0 Å². The van der Waals surface area contributed by atoms with Crippen LogP contribution in [-0.4, -0.2) is 38.0 Å². The molecule has 106 valence electrons. The van der Waals surface area contributed by atoms with Crippen molar-refractivity contribution in [1.82, 2.24) is 5.32 Å². The Hall–Kier alpha value is -0.120. The molecule has 0 amide bonds. The van der Waals surface area contributed by atoms with Gasteiger partial charge in [-0.25, -0.2) is 0 Å². The first-order valence-corrected chi connectivity index (χ1v) is 7.74. The number of hydrogen-bond acceptors (Lipinski definition) is 3. The van der Waals surface area contributed by atoms with Crippen molar-refractivity contribution in [2.75, 3.05) is 19.8 Å². The normalized spacial score (nSPS) is 29.7. The van der Waals surface area contributed by atoms with E-state index in [9.17, 15) is 0 Å². The van der Waals surface area contributed by atoms with Gasteiger partial charge in [-0.05, 0) is 38.0 Å². The summed E-state index contributed by atoms with van der Waals surface area (Å²) in [7, 11) is 0. The maximum Gasteiger partial charge on any atom is 0.0813 e. The van der Waals surface area contributed by atoms with E-state index in [2.05, 4.69) is 19.2 Å².